The largest absolute Gasteiger partial charge is 0.447 e. The van der Waals surface area contributed by atoms with E-state index in [-0.39, 0.29) is 12.2 Å². The number of hydrogen-bond acceptors (Lipinski definition) is 4. The van der Waals surface area contributed by atoms with Crippen molar-refractivity contribution in [2.75, 3.05) is 36.1 Å². The van der Waals surface area contributed by atoms with Gasteiger partial charge in [0.1, 0.15) is 13.2 Å². The van der Waals surface area contributed by atoms with Crippen molar-refractivity contribution in [1.29, 1.82) is 0 Å². The van der Waals surface area contributed by atoms with Gasteiger partial charge >= 0.3 is 12.2 Å². The highest BCUT2D eigenvalue weighted by atomic mass is 31.0. The summed E-state index contributed by atoms with van der Waals surface area (Å²) >= 11 is 0. The predicted octanol–water partition coefficient (Wildman–Crippen LogP) is 2.18. The second-order valence-corrected chi connectivity index (χ2v) is 4.86. The molecule has 0 saturated carbocycles. The molecule has 3 rings (SSSR count). The summed E-state index contributed by atoms with van der Waals surface area (Å²) < 4.78 is 9.86. The van der Waals surface area contributed by atoms with Gasteiger partial charge in [-0.15, -0.1) is 0 Å². The standard InChI is InChI=1S/C11H11N2O4P/c14-10-12(3-5-16-10)8-2-1-7-18-9(8)13-4-6-17-11(13)15/h1-2,7H,3-6H2. The monoisotopic (exact) mass is 266 g/mol. The molecule has 2 fully saturated rings. The lowest BCUT2D eigenvalue weighted by Gasteiger charge is -2.21. The van der Waals surface area contributed by atoms with E-state index in [0.29, 0.717) is 26.3 Å². The molecule has 2 aliphatic rings. The van der Waals surface area contributed by atoms with Crippen LogP contribution in [0.4, 0.5) is 20.7 Å². The van der Waals surface area contributed by atoms with E-state index >= 15 is 0 Å². The van der Waals surface area contributed by atoms with Gasteiger partial charge in [-0.2, -0.15) is 0 Å². The van der Waals surface area contributed by atoms with Crippen LogP contribution in [0.3, 0.4) is 0 Å². The molecular weight excluding hydrogens is 255 g/mol. The van der Waals surface area contributed by atoms with Gasteiger partial charge in [-0.1, -0.05) is 6.07 Å². The minimum atomic E-state index is -0.364. The normalized spacial score (nSPS) is 19.6. The maximum absolute atomic E-state index is 11.6. The zero-order valence-corrected chi connectivity index (χ0v) is 10.4. The van der Waals surface area contributed by atoms with Gasteiger partial charge in [0.15, 0.2) is 0 Å². The van der Waals surface area contributed by atoms with Gasteiger partial charge in [-0.05, 0) is 20.1 Å². The van der Waals surface area contributed by atoms with Gasteiger partial charge in [-0.25, -0.2) is 9.59 Å². The molecule has 2 aliphatic heterocycles. The van der Waals surface area contributed by atoms with Crippen LogP contribution in [0.2, 0.25) is 0 Å². The van der Waals surface area contributed by atoms with Gasteiger partial charge in [0.05, 0.1) is 24.2 Å². The van der Waals surface area contributed by atoms with Crippen LogP contribution in [0.5, 0.6) is 0 Å². The van der Waals surface area contributed by atoms with Gasteiger partial charge < -0.3 is 9.47 Å². The van der Waals surface area contributed by atoms with Gasteiger partial charge in [-0.3, -0.25) is 9.80 Å². The quantitative estimate of drug-likeness (QED) is 0.823. The first kappa shape index (κ1) is 11.3. The average Bonchev–Trinajstić information content (AvgIpc) is 2.98. The third-order valence-electron chi connectivity index (χ3n) is 2.83. The SMILES string of the molecule is O=C1OCCN1c1cccpc1N1CCOC1=O. The Labute approximate surface area is 105 Å². The molecule has 1 aromatic rings. The lowest BCUT2D eigenvalue weighted by molar-refractivity contribution is 0.180. The van der Waals surface area contributed by atoms with Crippen LogP contribution in [0.1, 0.15) is 0 Å². The maximum Gasteiger partial charge on any atom is 0.414 e. The summed E-state index contributed by atoms with van der Waals surface area (Å²) in [7, 11) is 0.879. The topological polar surface area (TPSA) is 59.1 Å². The highest BCUT2D eigenvalue weighted by molar-refractivity contribution is 7.34. The van der Waals surface area contributed by atoms with Crippen molar-refractivity contribution < 1.29 is 19.1 Å². The highest BCUT2D eigenvalue weighted by Gasteiger charge is 2.31. The maximum atomic E-state index is 11.6. The smallest absolute Gasteiger partial charge is 0.414 e. The summed E-state index contributed by atoms with van der Waals surface area (Å²) in [5, 5.41) is 0. The number of carbonyl (C=O) groups excluding carboxylic acids is 2. The van der Waals surface area contributed by atoms with Crippen LogP contribution in [-0.4, -0.2) is 38.5 Å². The van der Waals surface area contributed by atoms with Crippen molar-refractivity contribution in [3.63, 3.8) is 0 Å². The van der Waals surface area contributed by atoms with Crippen molar-refractivity contribution >= 4 is 31.5 Å². The molecule has 6 nitrogen and oxygen atoms in total. The Morgan fingerprint density at radius 2 is 1.72 bits per heavy atom. The molecule has 1 aromatic heterocycles. The second kappa shape index (κ2) is 4.46. The van der Waals surface area contributed by atoms with E-state index in [1.165, 1.54) is 0 Å². The zero-order valence-electron chi connectivity index (χ0n) is 9.54. The molecule has 0 radical (unpaired) electrons. The predicted molar refractivity (Wildman–Crippen MR) is 66.3 cm³/mol. The van der Waals surface area contributed by atoms with Gasteiger partial charge in [0.2, 0.25) is 0 Å². The number of amides is 2. The molecule has 0 atom stereocenters. The third kappa shape index (κ3) is 1.78. The van der Waals surface area contributed by atoms with Crippen molar-refractivity contribution in [3.05, 3.63) is 17.9 Å². The first-order chi connectivity index (χ1) is 8.77. The first-order valence-corrected chi connectivity index (χ1v) is 6.57. The molecule has 7 heteroatoms. The molecule has 0 aromatic carbocycles. The molecule has 0 unspecified atom stereocenters. The Balaban J connectivity index is 1.99. The number of anilines is 2. The van der Waals surface area contributed by atoms with Crippen LogP contribution in [0.25, 0.3) is 0 Å². The summed E-state index contributed by atoms with van der Waals surface area (Å²) in [6.45, 7) is 1.81. The molecule has 94 valence electrons. The number of cyclic esters (lactones) is 2. The number of hydrogen-bond donors (Lipinski definition) is 0. The van der Waals surface area contributed by atoms with E-state index in [9.17, 15) is 9.59 Å². The Morgan fingerprint density at radius 3 is 2.33 bits per heavy atom. The van der Waals surface area contributed by atoms with Crippen molar-refractivity contribution in [2.24, 2.45) is 0 Å². The Bertz CT molecular complexity index is 463. The van der Waals surface area contributed by atoms with Crippen LogP contribution < -0.4 is 9.80 Å². The minimum Gasteiger partial charge on any atom is -0.447 e. The van der Waals surface area contributed by atoms with Crippen LogP contribution in [-0.2, 0) is 9.47 Å². The van der Waals surface area contributed by atoms with Gasteiger partial charge in [0, 0.05) is 0 Å². The van der Waals surface area contributed by atoms with E-state index in [2.05, 4.69) is 0 Å². The highest BCUT2D eigenvalue weighted by Crippen LogP contribution is 2.38. The second-order valence-electron chi connectivity index (χ2n) is 3.88. The van der Waals surface area contributed by atoms with Crippen molar-refractivity contribution in [3.8, 4) is 0 Å². The number of nitrogens with zero attached hydrogens (tertiary/aromatic N) is 2. The fourth-order valence-electron chi connectivity index (χ4n) is 2.01. The van der Waals surface area contributed by atoms with Crippen LogP contribution in [0, 0.1) is 0 Å². The average molecular weight is 266 g/mol. The molecule has 3 heterocycles. The lowest BCUT2D eigenvalue weighted by Crippen LogP contribution is -2.28. The van der Waals surface area contributed by atoms with Crippen molar-refractivity contribution in [1.82, 2.24) is 0 Å². The fraction of sp³-hybridized carbons (Fsp3) is 0.364. The number of rotatable bonds is 2. The number of ether oxygens (including phenoxy) is 2. The van der Waals surface area contributed by atoms with Crippen molar-refractivity contribution in [2.45, 2.75) is 0 Å². The molecule has 2 amide bonds. The summed E-state index contributed by atoms with van der Waals surface area (Å²) in [5.41, 5.74) is 1.50. The van der Waals surface area contributed by atoms with Gasteiger partial charge in [0.25, 0.3) is 0 Å². The number of carbonyl (C=O) groups is 2. The van der Waals surface area contributed by atoms with E-state index in [0.717, 1.165) is 19.3 Å². The molecule has 0 aliphatic carbocycles. The van der Waals surface area contributed by atoms with E-state index in [1.807, 2.05) is 17.9 Å². The Kier molecular flexibility index (Phi) is 2.80. The third-order valence-corrected chi connectivity index (χ3v) is 3.87. The summed E-state index contributed by atoms with van der Waals surface area (Å²) in [4.78, 5) is 26.3. The van der Waals surface area contributed by atoms with E-state index in [1.54, 1.807) is 9.80 Å². The molecule has 2 saturated heterocycles. The van der Waals surface area contributed by atoms with Crippen LogP contribution in [0.15, 0.2) is 17.9 Å². The molecule has 0 spiro atoms. The van der Waals surface area contributed by atoms with E-state index in [4.69, 9.17) is 9.47 Å². The Hall–Kier alpha value is -1.81. The summed E-state index contributed by atoms with van der Waals surface area (Å²) in [6, 6.07) is 3.69. The molecule has 0 bridgehead atoms. The van der Waals surface area contributed by atoms with E-state index < -0.39 is 0 Å². The first-order valence-electron chi connectivity index (χ1n) is 5.61. The lowest BCUT2D eigenvalue weighted by atomic mass is 10.3. The zero-order chi connectivity index (χ0) is 12.5. The minimum absolute atomic E-state index is 0.355. The van der Waals surface area contributed by atoms with Crippen LogP contribution >= 0.6 is 8.19 Å². The summed E-state index contributed by atoms with van der Waals surface area (Å²) in [6.07, 6.45) is -0.719. The molecule has 18 heavy (non-hydrogen) atoms. The molecule has 0 N–H and O–H groups in total. The fourth-order valence-corrected chi connectivity index (χ4v) is 2.97. The molecular formula is C11H11N2O4P. The Morgan fingerprint density at radius 1 is 1.06 bits per heavy atom. The summed E-state index contributed by atoms with van der Waals surface area (Å²) in [5.74, 6) is 1.92.